The van der Waals surface area contributed by atoms with Crippen LogP contribution in [-0.2, 0) is 14.6 Å². The molecule has 25 heavy (non-hydrogen) atoms. The number of hydrogen-bond acceptors (Lipinski definition) is 6. The van der Waals surface area contributed by atoms with Gasteiger partial charge in [-0.05, 0) is 31.4 Å². The number of benzene rings is 1. The zero-order valence-corrected chi connectivity index (χ0v) is 14.9. The Labute approximate surface area is 146 Å². The topological polar surface area (TPSA) is 101 Å². The molecule has 1 aromatic rings. The number of nitrogens with zero attached hydrogens (tertiary/aromatic N) is 3. The Morgan fingerprint density at radius 3 is 2.52 bits per heavy atom. The van der Waals surface area contributed by atoms with E-state index in [1.54, 1.807) is 6.07 Å². The lowest BCUT2D eigenvalue weighted by Gasteiger charge is -2.24. The molecule has 1 aliphatic heterocycles. The molecule has 2 fully saturated rings. The first-order valence-electron chi connectivity index (χ1n) is 8.30. The Kier molecular flexibility index (Phi) is 4.68. The SMILES string of the molecule is CS(=O)(=O)c1cccc(N2CCCN(C(=O)C3CC3)CC2)c1[N+](=O)[O-]. The fraction of sp³-hybridized carbons (Fsp3) is 0.562. The van der Waals surface area contributed by atoms with E-state index >= 15 is 0 Å². The van der Waals surface area contributed by atoms with Gasteiger partial charge in [0.1, 0.15) is 10.6 Å². The Hall–Kier alpha value is -2.16. The summed E-state index contributed by atoms with van der Waals surface area (Å²) in [5, 5.41) is 11.5. The van der Waals surface area contributed by atoms with E-state index in [0.29, 0.717) is 38.3 Å². The second kappa shape index (κ2) is 6.62. The zero-order valence-electron chi connectivity index (χ0n) is 14.1. The van der Waals surface area contributed by atoms with Crippen molar-refractivity contribution in [3.05, 3.63) is 28.3 Å². The van der Waals surface area contributed by atoms with Gasteiger partial charge in [-0.1, -0.05) is 6.07 Å². The van der Waals surface area contributed by atoms with Crippen LogP contribution in [0.4, 0.5) is 11.4 Å². The first kappa shape index (κ1) is 17.7. The smallest absolute Gasteiger partial charge is 0.311 e. The molecule has 1 heterocycles. The van der Waals surface area contributed by atoms with Crippen molar-refractivity contribution in [2.45, 2.75) is 24.2 Å². The number of amides is 1. The number of carbonyl (C=O) groups is 1. The zero-order chi connectivity index (χ0) is 18.2. The van der Waals surface area contributed by atoms with Crippen molar-refractivity contribution in [1.82, 2.24) is 4.90 Å². The van der Waals surface area contributed by atoms with E-state index in [-0.39, 0.29) is 22.4 Å². The van der Waals surface area contributed by atoms with Gasteiger partial charge in [0.15, 0.2) is 9.84 Å². The van der Waals surface area contributed by atoms with Gasteiger partial charge >= 0.3 is 5.69 Å². The van der Waals surface area contributed by atoms with Gasteiger partial charge in [-0.2, -0.15) is 0 Å². The van der Waals surface area contributed by atoms with Gasteiger partial charge < -0.3 is 9.80 Å². The molecule has 0 spiro atoms. The van der Waals surface area contributed by atoms with E-state index in [1.165, 1.54) is 12.1 Å². The van der Waals surface area contributed by atoms with Gasteiger partial charge in [0, 0.05) is 38.4 Å². The number of rotatable bonds is 4. The van der Waals surface area contributed by atoms with Crippen molar-refractivity contribution in [3.63, 3.8) is 0 Å². The van der Waals surface area contributed by atoms with Crippen LogP contribution in [0.1, 0.15) is 19.3 Å². The highest BCUT2D eigenvalue weighted by atomic mass is 32.2. The molecule has 0 atom stereocenters. The summed E-state index contributed by atoms with van der Waals surface area (Å²) < 4.78 is 23.8. The van der Waals surface area contributed by atoms with Gasteiger partial charge in [0.2, 0.25) is 5.91 Å². The normalized spacial score (nSPS) is 18.8. The molecule has 136 valence electrons. The predicted octanol–water partition coefficient (Wildman–Crippen LogP) is 1.45. The fourth-order valence-corrected chi connectivity index (χ4v) is 4.07. The molecule has 0 aromatic heterocycles. The van der Waals surface area contributed by atoms with E-state index < -0.39 is 14.8 Å². The second-order valence-corrected chi connectivity index (χ2v) is 8.58. The fourth-order valence-electron chi connectivity index (χ4n) is 3.22. The molecular formula is C16H21N3O5S. The molecule has 0 N–H and O–H groups in total. The molecule has 1 saturated heterocycles. The quantitative estimate of drug-likeness (QED) is 0.590. The van der Waals surface area contributed by atoms with Crippen molar-refractivity contribution >= 4 is 27.1 Å². The summed E-state index contributed by atoms with van der Waals surface area (Å²) in [7, 11) is -3.71. The van der Waals surface area contributed by atoms with Gasteiger partial charge in [0.05, 0.1) is 4.92 Å². The van der Waals surface area contributed by atoms with Crippen molar-refractivity contribution < 1.29 is 18.1 Å². The molecule has 1 saturated carbocycles. The number of sulfone groups is 1. The maximum atomic E-state index is 12.2. The lowest BCUT2D eigenvalue weighted by Crippen LogP contribution is -2.36. The first-order chi connectivity index (χ1) is 11.8. The third kappa shape index (κ3) is 3.76. The largest absolute Gasteiger partial charge is 0.364 e. The molecule has 0 unspecified atom stereocenters. The maximum Gasteiger partial charge on any atom is 0.311 e. The molecule has 0 bridgehead atoms. The van der Waals surface area contributed by atoms with E-state index in [2.05, 4.69) is 0 Å². The monoisotopic (exact) mass is 367 g/mol. The minimum atomic E-state index is -3.71. The number of nitro benzene ring substituents is 1. The van der Waals surface area contributed by atoms with Gasteiger partial charge in [0.25, 0.3) is 0 Å². The van der Waals surface area contributed by atoms with Crippen LogP contribution in [0.25, 0.3) is 0 Å². The summed E-state index contributed by atoms with van der Waals surface area (Å²) in [6, 6.07) is 4.36. The van der Waals surface area contributed by atoms with E-state index in [0.717, 1.165) is 19.1 Å². The lowest BCUT2D eigenvalue weighted by molar-refractivity contribution is -0.387. The van der Waals surface area contributed by atoms with Gasteiger partial charge in [-0.15, -0.1) is 0 Å². The summed E-state index contributed by atoms with van der Waals surface area (Å²) in [4.78, 5) is 26.5. The van der Waals surface area contributed by atoms with Crippen LogP contribution in [-0.4, -0.2) is 56.6 Å². The summed E-state index contributed by atoms with van der Waals surface area (Å²) >= 11 is 0. The molecule has 8 nitrogen and oxygen atoms in total. The highest BCUT2D eigenvalue weighted by molar-refractivity contribution is 7.90. The molecule has 0 radical (unpaired) electrons. The highest BCUT2D eigenvalue weighted by Crippen LogP contribution is 2.36. The van der Waals surface area contributed by atoms with Crippen LogP contribution in [0, 0.1) is 16.0 Å². The Morgan fingerprint density at radius 1 is 1.20 bits per heavy atom. The van der Waals surface area contributed by atoms with Gasteiger partial charge in [-0.25, -0.2) is 8.42 Å². The molecule has 2 aliphatic rings. The number of nitro groups is 1. The maximum absolute atomic E-state index is 12.2. The molecule has 9 heteroatoms. The van der Waals surface area contributed by atoms with E-state index in [4.69, 9.17) is 0 Å². The Bertz CT molecular complexity index is 804. The number of para-hydroxylation sites is 1. The van der Waals surface area contributed by atoms with Crippen molar-refractivity contribution in [1.29, 1.82) is 0 Å². The van der Waals surface area contributed by atoms with Crippen molar-refractivity contribution in [3.8, 4) is 0 Å². The Balaban J connectivity index is 1.88. The Morgan fingerprint density at radius 2 is 1.92 bits per heavy atom. The minimum Gasteiger partial charge on any atom is -0.364 e. The van der Waals surface area contributed by atoms with Crippen LogP contribution in [0.15, 0.2) is 23.1 Å². The molecular weight excluding hydrogens is 346 g/mol. The minimum absolute atomic E-state index is 0.148. The summed E-state index contributed by atoms with van der Waals surface area (Å²) in [5.74, 6) is 0.315. The van der Waals surface area contributed by atoms with E-state index in [9.17, 15) is 23.3 Å². The third-order valence-electron chi connectivity index (χ3n) is 4.63. The van der Waals surface area contributed by atoms with Crippen molar-refractivity contribution in [2.24, 2.45) is 5.92 Å². The molecule has 3 rings (SSSR count). The van der Waals surface area contributed by atoms with Crippen LogP contribution < -0.4 is 4.90 Å². The van der Waals surface area contributed by atoms with E-state index in [1.807, 2.05) is 9.80 Å². The number of hydrogen-bond donors (Lipinski definition) is 0. The highest BCUT2D eigenvalue weighted by Gasteiger charge is 2.35. The average molecular weight is 367 g/mol. The van der Waals surface area contributed by atoms with Crippen LogP contribution in [0.2, 0.25) is 0 Å². The van der Waals surface area contributed by atoms with Crippen LogP contribution >= 0.6 is 0 Å². The van der Waals surface area contributed by atoms with Crippen molar-refractivity contribution in [2.75, 3.05) is 37.3 Å². The number of carbonyl (C=O) groups excluding carboxylic acids is 1. The second-order valence-electron chi connectivity index (χ2n) is 6.59. The lowest BCUT2D eigenvalue weighted by atomic mass is 10.2. The number of anilines is 1. The summed E-state index contributed by atoms with van der Waals surface area (Å²) in [6.45, 7) is 2.12. The standard InChI is InChI=1S/C16H21N3O5S/c1-25(23,24)14-5-2-4-13(15(14)19(21)22)17-8-3-9-18(11-10-17)16(20)12-6-7-12/h2,4-5,12H,3,6-11H2,1H3. The predicted molar refractivity (Wildman–Crippen MR) is 92.3 cm³/mol. The average Bonchev–Trinajstić information content (AvgIpc) is 3.39. The summed E-state index contributed by atoms with van der Waals surface area (Å²) in [5.41, 5.74) is -0.0828. The molecule has 1 aliphatic carbocycles. The third-order valence-corrected chi connectivity index (χ3v) is 5.76. The molecule has 1 amide bonds. The summed E-state index contributed by atoms with van der Waals surface area (Å²) in [6.07, 6.45) is 3.55. The van der Waals surface area contributed by atoms with Gasteiger partial charge in [-0.3, -0.25) is 14.9 Å². The van der Waals surface area contributed by atoms with Crippen LogP contribution in [0.3, 0.4) is 0 Å². The van der Waals surface area contributed by atoms with Crippen LogP contribution in [0.5, 0.6) is 0 Å². The molecule has 1 aromatic carbocycles. The first-order valence-corrected chi connectivity index (χ1v) is 10.2.